The van der Waals surface area contributed by atoms with E-state index in [1.165, 1.54) is 10.4 Å². The summed E-state index contributed by atoms with van der Waals surface area (Å²) in [7, 11) is 0. The van der Waals surface area contributed by atoms with Crippen molar-refractivity contribution in [2.75, 3.05) is 6.54 Å². The zero-order valence-electron chi connectivity index (χ0n) is 14.1. The lowest BCUT2D eigenvalue weighted by Gasteiger charge is -2.28. The number of hydrogen-bond donors (Lipinski definition) is 2. The number of thiophene rings is 1. The van der Waals surface area contributed by atoms with Gasteiger partial charge in [-0.3, -0.25) is 14.4 Å². The average Bonchev–Trinajstić information content (AvgIpc) is 2.98. The van der Waals surface area contributed by atoms with Gasteiger partial charge in [-0.25, -0.2) is 0 Å². The van der Waals surface area contributed by atoms with Crippen molar-refractivity contribution in [3.05, 3.63) is 21.9 Å². The monoisotopic (exact) mass is 352 g/mol. The van der Waals surface area contributed by atoms with Gasteiger partial charge in [0.2, 0.25) is 11.8 Å². The van der Waals surface area contributed by atoms with Crippen LogP contribution in [-0.2, 0) is 27.3 Å². The molecule has 0 aliphatic carbocycles. The standard InChI is InChI=1S/C17H24N2O4S/c1-17(2,8-5-16(22)23)18-14(20)3-4-15(21)19-9-6-13-12(11-19)7-10-24-13/h7,10H,3-6,8-9,11H2,1-2H3,(H,18,20)(H,22,23). The number of hydrogen-bond acceptors (Lipinski definition) is 4. The highest BCUT2D eigenvalue weighted by molar-refractivity contribution is 7.10. The van der Waals surface area contributed by atoms with Crippen molar-refractivity contribution < 1.29 is 19.5 Å². The van der Waals surface area contributed by atoms with Crippen LogP contribution in [0.5, 0.6) is 0 Å². The lowest BCUT2D eigenvalue weighted by molar-refractivity contribution is -0.137. The Morgan fingerprint density at radius 3 is 2.75 bits per heavy atom. The van der Waals surface area contributed by atoms with Gasteiger partial charge in [0.15, 0.2) is 0 Å². The third-order valence-electron chi connectivity index (χ3n) is 4.17. The highest BCUT2D eigenvalue weighted by Crippen LogP contribution is 2.24. The van der Waals surface area contributed by atoms with Gasteiger partial charge in [-0.2, -0.15) is 0 Å². The van der Waals surface area contributed by atoms with E-state index in [0.717, 1.165) is 6.42 Å². The van der Waals surface area contributed by atoms with E-state index in [1.807, 2.05) is 5.38 Å². The van der Waals surface area contributed by atoms with E-state index in [9.17, 15) is 14.4 Å². The SMILES string of the molecule is CC(C)(CCC(=O)O)NC(=O)CCC(=O)N1CCc2sccc2C1. The summed E-state index contributed by atoms with van der Waals surface area (Å²) in [4.78, 5) is 38.1. The van der Waals surface area contributed by atoms with Crippen LogP contribution in [-0.4, -0.2) is 39.9 Å². The number of nitrogens with one attached hydrogen (secondary N) is 1. The number of carboxylic acid groups (broad SMARTS) is 1. The Morgan fingerprint density at radius 1 is 1.29 bits per heavy atom. The number of nitrogens with zero attached hydrogens (tertiary/aromatic N) is 1. The molecule has 2 N–H and O–H groups in total. The number of aliphatic carboxylic acids is 1. The largest absolute Gasteiger partial charge is 0.481 e. The zero-order valence-corrected chi connectivity index (χ0v) is 14.9. The average molecular weight is 352 g/mol. The van der Waals surface area contributed by atoms with E-state index in [4.69, 9.17) is 5.11 Å². The topological polar surface area (TPSA) is 86.7 Å². The Hall–Kier alpha value is -1.89. The fourth-order valence-corrected chi connectivity index (χ4v) is 3.65. The van der Waals surface area contributed by atoms with E-state index >= 15 is 0 Å². The Balaban J connectivity index is 1.75. The van der Waals surface area contributed by atoms with Crippen LogP contribution in [0.3, 0.4) is 0 Å². The van der Waals surface area contributed by atoms with Crippen LogP contribution in [0.15, 0.2) is 11.4 Å². The van der Waals surface area contributed by atoms with Crippen LogP contribution in [0.2, 0.25) is 0 Å². The molecule has 1 aromatic heterocycles. The summed E-state index contributed by atoms with van der Waals surface area (Å²) in [6.45, 7) is 4.91. The van der Waals surface area contributed by atoms with Gasteiger partial charge in [-0.15, -0.1) is 11.3 Å². The lowest BCUT2D eigenvalue weighted by Crippen LogP contribution is -2.44. The second kappa shape index (κ2) is 7.79. The van der Waals surface area contributed by atoms with E-state index < -0.39 is 11.5 Å². The molecule has 1 aliphatic rings. The molecule has 6 nitrogen and oxygen atoms in total. The molecule has 0 aromatic carbocycles. The van der Waals surface area contributed by atoms with Gasteiger partial charge in [-0.05, 0) is 43.7 Å². The molecular weight excluding hydrogens is 328 g/mol. The summed E-state index contributed by atoms with van der Waals surface area (Å²) in [5.74, 6) is -1.11. The fourth-order valence-electron chi connectivity index (χ4n) is 2.76. The van der Waals surface area contributed by atoms with Crippen LogP contribution in [0.25, 0.3) is 0 Å². The number of carbonyl (C=O) groups excluding carboxylic acids is 2. The molecule has 0 fully saturated rings. The van der Waals surface area contributed by atoms with Crippen LogP contribution in [0.4, 0.5) is 0 Å². The molecule has 1 aromatic rings. The predicted octanol–water partition coefficient (Wildman–Crippen LogP) is 2.17. The van der Waals surface area contributed by atoms with Crippen LogP contribution < -0.4 is 5.32 Å². The quantitative estimate of drug-likeness (QED) is 0.787. The molecule has 0 spiro atoms. The summed E-state index contributed by atoms with van der Waals surface area (Å²) in [6, 6.07) is 2.05. The van der Waals surface area contributed by atoms with E-state index in [0.29, 0.717) is 19.5 Å². The Labute approximate surface area is 145 Å². The van der Waals surface area contributed by atoms with Gasteiger partial charge in [-0.1, -0.05) is 0 Å². The maximum Gasteiger partial charge on any atom is 0.303 e. The van der Waals surface area contributed by atoms with Crippen LogP contribution >= 0.6 is 11.3 Å². The van der Waals surface area contributed by atoms with Crippen LogP contribution in [0, 0.1) is 0 Å². The third-order valence-corrected chi connectivity index (χ3v) is 5.19. The Morgan fingerprint density at radius 2 is 2.04 bits per heavy atom. The maximum absolute atomic E-state index is 12.3. The Kier molecular flexibility index (Phi) is 5.99. The molecule has 0 unspecified atom stereocenters. The first-order chi connectivity index (χ1) is 11.3. The molecule has 2 rings (SSSR count). The summed E-state index contributed by atoms with van der Waals surface area (Å²) in [5.41, 5.74) is 0.619. The molecule has 0 saturated carbocycles. The van der Waals surface area contributed by atoms with Crippen molar-refractivity contribution in [2.24, 2.45) is 0 Å². The number of amides is 2. The second-order valence-corrected chi connectivity index (χ2v) is 7.76. The first-order valence-electron chi connectivity index (χ1n) is 8.13. The van der Waals surface area contributed by atoms with Crippen molar-refractivity contribution >= 4 is 29.1 Å². The lowest BCUT2D eigenvalue weighted by atomic mass is 9.98. The maximum atomic E-state index is 12.3. The minimum atomic E-state index is -0.884. The highest BCUT2D eigenvalue weighted by atomic mass is 32.1. The summed E-state index contributed by atoms with van der Waals surface area (Å²) in [6.07, 6.45) is 1.55. The number of rotatable bonds is 7. The Bertz CT molecular complexity index is 624. The normalized spacial score (nSPS) is 14.2. The molecule has 1 aliphatic heterocycles. The predicted molar refractivity (Wildman–Crippen MR) is 91.8 cm³/mol. The molecule has 0 bridgehead atoms. The van der Waals surface area contributed by atoms with E-state index in [2.05, 4.69) is 11.4 Å². The van der Waals surface area contributed by atoms with Crippen molar-refractivity contribution in [1.29, 1.82) is 0 Å². The second-order valence-electron chi connectivity index (χ2n) is 6.76. The van der Waals surface area contributed by atoms with Gasteiger partial charge in [0, 0.05) is 42.8 Å². The molecule has 0 radical (unpaired) electrons. The third kappa shape index (κ3) is 5.33. The zero-order chi connectivity index (χ0) is 17.7. The first-order valence-corrected chi connectivity index (χ1v) is 9.00. The van der Waals surface area contributed by atoms with E-state index in [1.54, 1.807) is 30.1 Å². The molecule has 24 heavy (non-hydrogen) atoms. The molecule has 2 amide bonds. The molecule has 7 heteroatoms. The fraction of sp³-hybridized carbons (Fsp3) is 0.588. The van der Waals surface area contributed by atoms with Gasteiger partial charge in [0.05, 0.1) is 0 Å². The van der Waals surface area contributed by atoms with Crippen molar-refractivity contribution in [3.63, 3.8) is 0 Å². The smallest absolute Gasteiger partial charge is 0.303 e. The molecule has 0 atom stereocenters. The summed E-state index contributed by atoms with van der Waals surface area (Å²) in [5, 5.41) is 13.6. The van der Waals surface area contributed by atoms with Gasteiger partial charge in [0.25, 0.3) is 0 Å². The van der Waals surface area contributed by atoms with Crippen molar-refractivity contribution in [1.82, 2.24) is 10.2 Å². The van der Waals surface area contributed by atoms with Gasteiger partial charge in [0.1, 0.15) is 0 Å². The minimum absolute atomic E-state index is 0.00294. The summed E-state index contributed by atoms with van der Waals surface area (Å²) >= 11 is 1.73. The first kappa shape index (κ1) is 18.4. The van der Waals surface area contributed by atoms with Crippen LogP contribution in [0.1, 0.15) is 50.0 Å². The van der Waals surface area contributed by atoms with Crippen molar-refractivity contribution in [2.45, 2.75) is 58.0 Å². The molecule has 2 heterocycles. The minimum Gasteiger partial charge on any atom is -0.481 e. The molecule has 132 valence electrons. The van der Waals surface area contributed by atoms with Gasteiger partial charge >= 0.3 is 5.97 Å². The summed E-state index contributed by atoms with van der Waals surface area (Å²) < 4.78 is 0. The molecular formula is C17H24N2O4S. The number of carbonyl (C=O) groups is 3. The van der Waals surface area contributed by atoms with E-state index in [-0.39, 0.29) is 31.1 Å². The highest BCUT2D eigenvalue weighted by Gasteiger charge is 2.24. The number of carboxylic acids is 1. The molecule has 0 saturated heterocycles. The van der Waals surface area contributed by atoms with Gasteiger partial charge < -0.3 is 15.3 Å². The van der Waals surface area contributed by atoms with Crippen molar-refractivity contribution in [3.8, 4) is 0 Å². The number of fused-ring (bicyclic) bond motifs is 1.